The number of hydrogen-bond acceptors (Lipinski definition) is 8. The number of nitrogens with zero attached hydrogens (tertiary/aromatic N) is 2. The van der Waals surface area contributed by atoms with Crippen LogP contribution in [-0.4, -0.2) is 59.1 Å². The second-order valence-corrected chi connectivity index (χ2v) is 9.04. The van der Waals surface area contributed by atoms with E-state index in [0.717, 1.165) is 17.7 Å². The highest BCUT2D eigenvalue weighted by Gasteiger charge is 2.44. The number of esters is 2. The molecular weight excluding hydrogens is 480 g/mol. The lowest BCUT2D eigenvalue weighted by atomic mass is 10.0. The molecule has 196 valence electrons. The maximum Gasteiger partial charge on any atom is 0.355 e. The standard InChI is InChI=1S/C27H30N2O8/c1-4-5-11-36-26(32)21-15-22-20(10-12-35-22)28(21)16-34-13-14-37-27(33)23(17(2)3)29-24(30)18-8-6-7-9-19(18)25(29)31/h6-10,12,15,17,23H,4-5,11,13-14,16H2,1-3H3. The third-order valence-electron chi connectivity index (χ3n) is 6.13. The number of hydrogen-bond donors (Lipinski definition) is 0. The topological polar surface area (TPSA) is 117 Å². The summed E-state index contributed by atoms with van der Waals surface area (Å²) >= 11 is 0. The predicted molar refractivity (Wildman–Crippen MR) is 132 cm³/mol. The normalized spacial score (nSPS) is 13.9. The molecule has 1 atom stereocenters. The number of amides is 2. The lowest BCUT2D eigenvalue weighted by molar-refractivity contribution is -0.151. The highest BCUT2D eigenvalue weighted by molar-refractivity contribution is 6.22. The van der Waals surface area contributed by atoms with Gasteiger partial charge in [-0.3, -0.25) is 14.5 Å². The molecule has 37 heavy (non-hydrogen) atoms. The summed E-state index contributed by atoms with van der Waals surface area (Å²) in [6.07, 6.45) is 3.19. The van der Waals surface area contributed by atoms with Gasteiger partial charge in [-0.2, -0.15) is 0 Å². The van der Waals surface area contributed by atoms with Gasteiger partial charge in [0.2, 0.25) is 0 Å². The van der Waals surface area contributed by atoms with Crippen LogP contribution in [0.1, 0.15) is 64.8 Å². The fourth-order valence-electron chi connectivity index (χ4n) is 4.25. The number of furan rings is 1. The first-order valence-corrected chi connectivity index (χ1v) is 12.3. The van der Waals surface area contributed by atoms with E-state index in [1.807, 2.05) is 6.92 Å². The summed E-state index contributed by atoms with van der Waals surface area (Å²) < 4.78 is 23.4. The molecule has 1 aliphatic rings. The quantitative estimate of drug-likeness (QED) is 0.204. The average molecular weight is 511 g/mol. The second-order valence-electron chi connectivity index (χ2n) is 9.04. The molecule has 2 aromatic heterocycles. The molecule has 1 aliphatic heterocycles. The molecule has 3 aromatic rings. The zero-order chi connectivity index (χ0) is 26.5. The smallest absolute Gasteiger partial charge is 0.355 e. The van der Waals surface area contributed by atoms with E-state index in [4.69, 9.17) is 18.6 Å². The summed E-state index contributed by atoms with van der Waals surface area (Å²) in [7, 11) is 0. The Hall–Kier alpha value is -3.92. The first kappa shape index (κ1) is 26.2. The van der Waals surface area contributed by atoms with Crippen LogP contribution in [0.25, 0.3) is 11.1 Å². The molecule has 1 aromatic carbocycles. The minimum atomic E-state index is -1.06. The summed E-state index contributed by atoms with van der Waals surface area (Å²) in [6, 6.07) is 8.74. The Balaban J connectivity index is 1.34. The van der Waals surface area contributed by atoms with Crippen molar-refractivity contribution in [1.29, 1.82) is 0 Å². The van der Waals surface area contributed by atoms with Gasteiger partial charge in [0.1, 0.15) is 25.1 Å². The van der Waals surface area contributed by atoms with Crippen LogP contribution in [0.15, 0.2) is 47.1 Å². The number of unbranched alkanes of at least 4 members (excludes halogenated alkanes) is 1. The first-order chi connectivity index (χ1) is 17.8. The van der Waals surface area contributed by atoms with Crippen molar-refractivity contribution in [2.24, 2.45) is 5.92 Å². The maximum atomic E-state index is 12.9. The van der Waals surface area contributed by atoms with Gasteiger partial charge in [0.15, 0.2) is 5.58 Å². The van der Waals surface area contributed by atoms with Gasteiger partial charge < -0.3 is 23.2 Å². The van der Waals surface area contributed by atoms with Crippen molar-refractivity contribution in [3.63, 3.8) is 0 Å². The Morgan fingerprint density at radius 3 is 2.32 bits per heavy atom. The molecule has 0 aliphatic carbocycles. The van der Waals surface area contributed by atoms with E-state index in [9.17, 15) is 19.2 Å². The van der Waals surface area contributed by atoms with Crippen LogP contribution >= 0.6 is 0 Å². The third-order valence-corrected chi connectivity index (χ3v) is 6.13. The van der Waals surface area contributed by atoms with Gasteiger partial charge in [-0.25, -0.2) is 9.59 Å². The van der Waals surface area contributed by atoms with Gasteiger partial charge in [0.05, 0.1) is 36.1 Å². The molecule has 0 saturated heterocycles. The van der Waals surface area contributed by atoms with Crippen molar-refractivity contribution in [2.75, 3.05) is 19.8 Å². The number of imide groups is 1. The van der Waals surface area contributed by atoms with Gasteiger partial charge >= 0.3 is 11.9 Å². The monoisotopic (exact) mass is 510 g/mol. The molecule has 4 rings (SSSR count). The molecule has 0 fully saturated rings. The van der Waals surface area contributed by atoms with Crippen LogP contribution in [0.2, 0.25) is 0 Å². The highest BCUT2D eigenvalue weighted by Crippen LogP contribution is 2.28. The summed E-state index contributed by atoms with van der Waals surface area (Å²) in [4.78, 5) is 52.1. The van der Waals surface area contributed by atoms with E-state index in [1.165, 1.54) is 6.26 Å². The zero-order valence-corrected chi connectivity index (χ0v) is 21.1. The SMILES string of the molecule is CCCCOC(=O)c1cc2occc2n1COCCOC(=O)C(C(C)C)N1C(=O)c2ccccc2C1=O. The Morgan fingerprint density at radius 1 is 0.973 bits per heavy atom. The molecule has 10 nitrogen and oxygen atoms in total. The van der Waals surface area contributed by atoms with Crippen molar-refractivity contribution in [1.82, 2.24) is 9.47 Å². The van der Waals surface area contributed by atoms with Crippen LogP contribution in [0.4, 0.5) is 0 Å². The zero-order valence-electron chi connectivity index (χ0n) is 21.1. The fourth-order valence-corrected chi connectivity index (χ4v) is 4.25. The number of carbonyl (C=O) groups is 4. The van der Waals surface area contributed by atoms with Gasteiger partial charge in [-0.1, -0.05) is 39.3 Å². The molecule has 1 unspecified atom stereocenters. The van der Waals surface area contributed by atoms with Crippen LogP contribution < -0.4 is 0 Å². The molecule has 0 saturated carbocycles. The lowest BCUT2D eigenvalue weighted by Crippen LogP contribution is -2.48. The number of fused-ring (bicyclic) bond motifs is 2. The van der Waals surface area contributed by atoms with Crippen molar-refractivity contribution in [3.05, 3.63) is 59.5 Å². The van der Waals surface area contributed by atoms with E-state index in [2.05, 4.69) is 0 Å². The minimum absolute atomic E-state index is 0.00477. The van der Waals surface area contributed by atoms with Gasteiger partial charge in [0, 0.05) is 12.1 Å². The summed E-state index contributed by atoms with van der Waals surface area (Å²) in [5.41, 5.74) is 2.04. The van der Waals surface area contributed by atoms with Crippen molar-refractivity contribution < 1.29 is 37.8 Å². The van der Waals surface area contributed by atoms with E-state index in [1.54, 1.807) is 54.8 Å². The number of benzene rings is 1. The number of ether oxygens (including phenoxy) is 3. The Labute approximate surface area is 214 Å². The van der Waals surface area contributed by atoms with Crippen LogP contribution in [0.3, 0.4) is 0 Å². The molecule has 3 heterocycles. The summed E-state index contributed by atoms with van der Waals surface area (Å²) in [5, 5.41) is 0. The van der Waals surface area contributed by atoms with Gasteiger partial charge in [-0.05, 0) is 24.5 Å². The number of rotatable bonds is 12. The molecule has 0 spiro atoms. The molecule has 0 bridgehead atoms. The molecule has 10 heteroatoms. The van der Waals surface area contributed by atoms with Crippen LogP contribution in [0, 0.1) is 5.92 Å². The van der Waals surface area contributed by atoms with E-state index in [-0.39, 0.29) is 37.0 Å². The Kier molecular flexibility index (Phi) is 8.08. The number of carbonyl (C=O) groups excluding carboxylic acids is 4. The van der Waals surface area contributed by atoms with Crippen molar-refractivity contribution >= 4 is 34.9 Å². The fraction of sp³-hybridized carbons (Fsp3) is 0.407. The summed E-state index contributed by atoms with van der Waals surface area (Å²) in [5.74, 6) is -2.54. The molecule has 0 radical (unpaired) electrons. The Bertz CT molecular complexity index is 1270. The Morgan fingerprint density at radius 2 is 1.68 bits per heavy atom. The first-order valence-electron chi connectivity index (χ1n) is 12.3. The average Bonchev–Trinajstić information content (AvgIpc) is 3.54. The van der Waals surface area contributed by atoms with Crippen molar-refractivity contribution in [2.45, 2.75) is 46.4 Å². The van der Waals surface area contributed by atoms with Gasteiger partial charge in [0.25, 0.3) is 11.8 Å². The minimum Gasteiger partial charge on any atom is -0.463 e. The molecule has 0 N–H and O–H groups in total. The van der Waals surface area contributed by atoms with E-state index < -0.39 is 29.8 Å². The maximum absolute atomic E-state index is 12.9. The van der Waals surface area contributed by atoms with Crippen LogP contribution in [0.5, 0.6) is 0 Å². The second kappa shape index (κ2) is 11.4. The van der Waals surface area contributed by atoms with Crippen LogP contribution in [-0.2, 0) is 25.7 Å². The number of aromatic nitrogens is 1. The lowest BCUT2D eigenvalue weighted by Gasteiger charge is -2.27. The predicted octanol–water partition coefficient (Wildman–Crippen LogP) is 4.03. The third kappa shape index (κ3) is 5.29. The highest BCUT2D eigenvalue weighted by atomic mass is 16.6. The van der Waals surface area contributed by atoms with E-state index >= 15 is 0 Å². The van der Waals surface area contributed by atoms with Gasteiger partial charge in [-0.15, -0.1) is 0 Å². The largest absolute Gasteiger partial charge is 0.463 e. The van der Waals surface area contributed by atoms with E-state index in [0.29, 0.717) is 23.4 Å². The molecule has 2 amide bonds. The molecular formula is C27H30N2O8. The van der Waals surface area contributed by atoms with Crippen molar-refractivity contribution in [3.8, 4) is 0 Å². The summed E-state index contributed by atoms with van der Waals surface area (Å²) in [6.45, 7) is 5.75.